The van der Waals surface area contributed by atoms with Gasteiger partial charge < -0.3 is 10.1 Å². The maximum absolute atomic E-state index is 11.3. The first-order chi connectivity index (χ1) is 13.1. The fraction of sp³-hybridized carbons (Fsp3) is 0.167. The largest absolute Gasteiger partial charge is 0.478 e. The zero-order valence-corrected chi connectivity index (χ0v) is 14.7. The third-order valence-corrected chi connectivity index (χ3v) is 4.31. The summed E-state index contributed by atoms with van der Waals surface area (Å²) >= 11 is 0. The molecule has 2 aromatic heterocycles. The van der Waals surface area contributed by atoms with Crippen molar-refractivity contribution in [3.8, 4) is 5.88 Å². The monoisotopic (exact) mass is 364 g/mol. The van der Waals surface area contributed by atoms with E-state index in [2.05, 4.69) is 20.4 Å². The predicted molar refractivity (Wildman–Crippen MR) is 99.0 cm³/mol. The lowest BCUT2D eigenvalue weighted by atomic mass is 10.0. The Hall–Kier alpha value is -3.75. The molecule has 0 bridgehead atoms. The molecular formula is C18H16N6O3. The Bertz CT molecular complexity index is 1070. The van der Waals surface area contributed by atoms with Crippen LogP contribution in [-0.2, 0) is 13.5 Å². The van der Waals surface area contributed by atoms with E-state index >= 15 is 0 Å². The predicted octanol–water partition coefficient (Wildman–Crippen LogP) is 2.86. The van der Waals surface area contributed by atoms with E-state index in [1.807, 2.05) is 12.1 Å². The fourth-order valence-corrected chi connectivity index (χ4v) is 3.16. The summed E-state index contributed by atoms with van der Waals surface area (Å²) in [6, 6.07) is 6.88. The van der Waals surface area contributed by atoms with Gasteiger partial charge in [0.1, 0.15) is 5.69 Å². The second-order valence-electron chi connectivity index (χ2n) is 6.00. The molecule has 136 valence electrons. The van der Waals surface area contributed by atoms with Gasteiger partial charge in [-0.3, -0.25) is 14.8 Å². The molecule has 0 spiro atoms. The lowest BCUT2D eigenvalue weighted by Crippen LogP contribution is -2.01. The van der Waals surface area contributed by atoms with E-state index in [4.69, 9.17) is 4.74 Å². The summed E-state index contributed by atoms with van der Waals surface area (Å²) in [7, 11) is 3.33. The number of nitro groups is 1. The van der Waals surface area contributed by atoms with Crippen molar-refractivity contribution in [3.63, 3.8) is 0 Å². The molecule has 0 radical (unpaired) electrons. The number of methoxy groups -OCH3 is 1. The van der Waals surface area contributed by atoms with Crippen LogP contribution in [0, 0.1) is 10.1 Å². The average Bonchev–Trinajstić information content (AvgIpc) is 3.24. The number of rotatable bonds is 5. The molecule has 3 aromatic rings. The Balaban J connectivity index is 1.67. The van der Waals surface area contributed by atoms with Crippen molar-refractivity contribution in [1.82, 2.24) is 19.7 Å². The van der Waals surface area contributed by atoms with Crippen molar-refractivity contribution in [2.45, 2.75) is 6.42 Å². The van der Waals surface area contributed by atoms with Crippen molar-refractivity contribution >= 4 is 22.9 Å². The zero-order chi connectivity index (χ0) is 19.0. The van der Waals surface area contributed by atoms with Gasteiger partial charge in [-0.25, -0.2) is 9.97 Å². The topological polar surface area (TPSA) is 108 Å². The number of nitro benzene ring substituents is 1. The highest BCUT2D eigenvalue weighted by molar-refractivity contribution is 5.85. The van der Waals surface area contributed by atoms with Gasteiger partial charge in [0.05, 0.1) is 23.9 Å². The molecule has 0 fully saturated rings. The molecule has 1 aliphatic rings. The number of fused-ring (bicyclic) bond motifs is 1. The van der Waals surface area contributed by atoms with Crippen LogP contribution in [0.3, 0.4) is 0 Å². The number of aromatic nitrogens is 4. The maximum atomic E-state index is 11.3. The number of anilines is 2. The molecule has 9 nitrogen and oxygen atoms in total. The lowest BCUT2D eigenvalue weighted by molar-refractivity contribution is -0.385. The molecule has 0 saturated heterocycles. The van der Waals surface area contributed by atoms with E-state index < -0.39 is 0 Å². The number of aryl methyl sites for hydroxylation is 1. The number of nitrogens with zero attached hydrogens (tertiary/aromatic N) is 5. The molecule has 1 aliphatic carbocycles. The molecule has 2 heterocycles. The highest BCUT2D eigenvalue weighted by Crippen LogP contribution is 2.37. The summed E-state index contributed by atoms with van der Waals surface area (Å²) < 4.78 is 6.85. The molecule has 0 amide bonds. The van der Waals surface area contributed by atoms with E-state index in [1.165, 1.54) is 13.2 Å². The first-order valence-electron chi connectivity index (χ1n) is 8.21. The first kappa shape index (κ1) is 16.7. The van der Waals surface area contributed by atoms with E-state index in [0.29, 0.717) is 35.2 Å². The summed E-state index contributed by atoms with van der Waals surface area (Å²) in [5, 5.41) is 18.5. The Morgan fingerprint density at radius 3 is 2.96 bits per heavy atom. The van der Waals surface area contributed by atoms with Crippen LogP contribution in [0.1, 0.15) is 16.8 Å². The summed E-state index contributed by atoms with van der Waals surface area (Å²) in [5.41, 5.74) is 3.86. The highest BCUT2D eigenvalue weighted by atomic mass is 16.6. The van der Waals surface area contributed by atoms with Gasteiger partial charge in [0.15, 0.2) is 0 Å². The minimum absolute atomic E-state index is 0.131. The van der Waals surface area contributed by atoms with Gasteiger partial charge in [0.25, 0.3) is 11.6 Å². The Morgan fingerprint density at radius 2 is 2.19 bits per heavy atom. The number of nitrogens with one attached hydrogen (secondary N) is 1. The molecule has 9 heteroatoms. The summed E-state index contributed by atoms with van der Waals surface area (Å²) in [6.45, 7) is 0. The second-order valence-corrected chi connectivity index (χ2v) is 6.00. The Kier molecular flexibility index (Phi) is 4.03. The molecular weight excluding hydrogens is 348 g/mol. The lowest BCUT2D eigenvalue weighted by Gasteiger charge is -2.08. The molecule has 4 rings (SSSR count). The van der Waals surface area contributed by atoms with E-state index in [0.717, 1.165) is 11.1 Å². The minimum atomic E-state index is -0.350. The SMILES string of the molecule is COc1nn(C)cc1Nc1nccc(C2=CCc3c2cccc3[N+](=O)[O-])n1. The molecule has 0 aliphatic heterocycles. The van der Waals surface area contributed by atoms with Crippen molar-refractivity contribution in [2.75, 3.05) is 12.4 Å². The van der Waals surface area contributed by atoms with Crippen LogP contribution in [0.4, 0.5) is 17.3 Å². The van der Waals surface area contributed by atoms with E-state index in [1.54, 1.807) is 36.3 Å². The Labute approximate surface area is 154 Å². The summed E-state index contributed by atoms with van der Waals surface area (Å²) in [5.74, 6) is 0.825. The van der Waals surface area contributed by atoms with Crippen LogP contribution in [0.25, 0.3) is 5.57 Å². The van der Waals surface area contributed by atoms with Gasteiger partial charge in [0.2, 0.25) is 5.95 Å². The van der Waals surface area contributed by atoms with Gasteiger partial charge in [-0.1, -0.05) is 18.2 Å². The average molecular weight is 364 g/mol. The molecule has 27 heavy (non-hydrogen) atoms. The molecule has 0 saturated carbocycles. The molecule has 1 N–H and O–H groups in total. The number of benzene rings is 1. The van der Waals surface area contributed by atoms with Crippen molar-refractivity contribution in [1.29, 1.82) is 0 Å². The third-order valence-electron chi connectivity index (χ3n) is 4.31. The quantitative estimate of drug-likeness (QED) is 0.548. The van der Waals surface area contributed by atoms with Crippen molar-refractivity contribution in [3.05, 3.63) is 69.7 Å². The normalized spacial score (nSPS) is 12.4. The van der Waals surface area contributed by atoms with Crippen LogP contribution in [0.2, 0.25) is 0 Å². The van der Waals surface area contributed by atoms with Crippen LogP contribution < -0.4 is 10.1 Å². The first-order valence-corrected chi connectivity index (χ1v) is 8.21. The van der Waals surface area contributed by atoms with Gasteiger partial charge in [0, 0.05) is 30.4 Å². The smallest absolute Gasteiger partial charge is 0.273 e. The number of ether oxygens (including phenoxy) is 1. The van der Waals surface area contributed by atoms with Gasteiger partial charge >= 0.3 is 0 Å². The van der Waals surface area contributed by atoms with Crippen molar-refractivity contribution in [2.24, 2.45) is 7.05 Å². The van der Waals surface area contributed by atoms with Gasteiger partial charge in [-0.15, -0.1) is 5.10 Å². The van der Waals surface area contributed by atoms with Crippen LogP contribution in [0.15, 0.2) is 42.7 Å². The highest BCUT2D eigenvalue weighted by Gasteiger charge is 2.24. The number of allylic oxidation sites excluding steroid dienone is 1. The van der Waals surface area contributed by atoms with Crippen molar-refractivity contribution < 1.29 is 9.66 Å². The summed E-state index contributed by atoms with van der Waals surface area (Å²) in [4.78, 5) is 19.7. The zero-order valence-electron chi connectivity index (χ0n) is 14.7. The van der Waals surface area contributed by atoms with E-state index in [9.17, 15) is 10.1 Å². The Morgan fingerprint density at radius 1 is 1.33 bits per heavy atom. The number of hydrogen-bond donors (Lipinski definition) is 1. The molecule has 0 atom stereocenters. The summed E-state index contributed by atoms with van der Waals surface area (Å²) in [6.07, 6.45) is 5.87. The molecule has 1 aromatic carbocycles. The van der Waals surface area contributed by atoms with E-state index in [-0.39, 0.29) is 10.6 Å². The van der Waals surface area contributed by atoms with Crippen LogP contribution in [-0.4, -0.2) is 31.8 Å². The minimum Gasteiger partial charge on any atom is -0.478 e. The van der Waals surface area contributed by atoms with Gasteiger partial charge in [-0.05, 0) is 18.1 Å². The van der Waals surface area contributed by atoms with Gasteiger partial charge in [-0.2, -0.15) is 0 Å². The third kappa shape index (κ3) is 2.99. The standard InChI is InChI=1S/C18H16N6O3/c1-23-10-15(17(22-23)27-2)21-18-19-9-8-14(20-18)12-6-7-13-11(12)4-3-5-16(13)24(25)26/h3-6,8-10H,7H2,1-2H3,(H,19,20,21). The van der Waals surface area contributed by atoms with Crippen LogP contribution >= 0.6 is 0 Å². The second kappa shape index (κ2) is 6.52. The fourth-order valence-electron chi connectivity index (χ4n) is 3.16. The maximum Gasteiger partial charge on any atom is 0.273 e. The molecule has 0 unspecified atom stereocenters. The number of hydrogen-bond acceptors (Lipinski definition) is 7. The van der Waals surface area contributed by atoms with Crippen LogP contribution in [0.5, 0.6) is 5.88 Å².